The number of rotatable bonds is 9. The Kier molecular flexibility index (Phi) is 7.31. The maximum atomic E-state index is 12.4. The molecule has 21 heavy (non-hydrogen) atoms. The van der Waals surface area contributed by atoms with Gasteiger partial charge in [-0.15, -0.1) is 0 Å². The van der Waals surface area contributed by atoms with Gasteiger partial charge in [-0.2, -0.15) is 0 Å². The molecule has 0 unspecified atom stereocenters. The molecule has 1 aromatic rings. The average Bonchev–Trinajstić information content (AvgIpc) is 2.43. The van der Waals surface area contributed by atoms with E-state index in [-0.39, 0.29) is 5.75 Å². The summed E-state index contributed by atoms with van der Waals surface area (Å²) in [6.45, 7) is 4.31. The van der Waals surface area contributed by atoms with Crippen LogP contribution in [-0.4, -0.2) is 51.4 Å². The highest BCUT2D eigenvalue weighted by Gasteiger charge is 2.20. The molecule has 0 fully saturated rings. The van der Waals surface area contributed by atoms with E-state index in [1.165, 1.54) is 0 Å². The summed E-state index contributed by atoms with van der Waals surface area (Å²) in [5.74, 6) is 0.0493. The van der Waals surface area contributed by atoms with Gasteiger partial charge in [0.05, 0.1) is 5.75 Å². The molecule has 0 aliphatic carbocycles. The van der Waals surface area contributed by atoms with E-state index in [2.05, 4.69) is 4.90 Å². The van der Waals surface area contributed by atoms with Gasteiger partial charge in [0.15, 0.2) is 0 Å². The zero-order valence-electron chi connectivity index (χ0n) is 13.2. The molecular formula is C15H27N3O2S. The zero-order valence-corrected chi connectivity index (χ0v) is 14.1. The minimum atomic E-state index is -3.26. The van der Waals surface area contributed by atoms with Crippen molar-refractivity contribution in [3.05, 3.63) is 35.4 Å². The standard InChI is InChI=1S/C15H27N3O2S/c1-4-18(11-5-10-17(2)3)21(19,20)13-15-8-6-14(12-16)7-9-15/h6-9H,4-5,10-13,16H2,1-3H3. The molecule has 2 N–H and O–H groups in total. The van der Waals surface area contributed by atoms with E-state index < -0.39 is 10.0 Å². The predicted octanol–water partition coefficient (Wildman–Crippen LogP) is 1.25. The average molecular weight is 313 g/mol. The number of benzene rings is 1. The molecular weight excluding hydrogens is 286 g/mol. The summed E-state index contributed by atoms with van der Waals surface area (Å²) in [6.07, 6.45) is 0.839. The van der Waals surface area contributed by atoms with Crippen molar-refractivity contribution in [2.24, 2.45) is 5.73 Å². The van der Waals surface area contributed by atoms with E-state index in [0.717, 1.165) is 24.1 Å². The van der Waals surface area contributed by atoms with Crippen LogP contribution >= 0.6 is 0 Å². The molecule has 0 atom stereocenters. The smallest absolute Gasteiger partial charge is 0.218 e. The highest BCUT2D eigenvalue weighted by molar-refractivity contribution is 7.88. The first-order chi connectivity index (χ1) is 9.89. The molecule has 1 rings (SSSR count). The van der Waals surface area contributed by atoms with Crippen molar-refractivity contribution in [1.29, 1.82) is 0 Å². The summed E-state index contributed by atoms with van der Waals surface area (Å²) in [5, 5.41) is 0. The second-order valence-electron chi connectivity index (χ2n) is 5.43. The maximum Gasteiger partial charge on any atom is 0.218 e. The largest absolute Gasteiger partial charge is 0.326 e. The number of nitrogens with zero attached hydrogens (tertiary/aromatic N) is 2. The minimum Gasteiger partial charge on any atom is -0.326 e. The van der Waals surface area contributed by atoms with Crippen molar-refractivity contribution in [2.45, 2.75) is 25.6 Å². The summed E-state index contributed by atoms with van der Waals surface area (Å²) >= 11 is 0. The quantitative estimate of drug-likeness (QED) is 0.745. The molecule has 0 saturated heterocycles. The summed E-state index contributed by atoms with van der Waals surface area (Å²) in [5.41, 5.74) is 7.36. The van der Waals surface area contributed by atoms with E-state index in [4.69, 9.17) is 5.73 Å². The Morgan fingerprint density at radius 1 is 1.05 bits per heavy atom. The minimum absolute atomic E-state index is 0.0493. The second-order valence-corrected chi connectivity index (χ2v) is 7.39. The van der Waals surface area contributed by atoms with Gasteiger partial charge in [-0.25, -0.2) is 12.7 Å². The molecule has 6 heteroatoms. The van der Waals surface area contributed by atoms with Gasteiger partial charge in [0.1, 0.15) is 0 Å². The van der Waals surface area contributed by atoms with Crippen molar-refractivity contribution in [1.82, 2.24) is 9.21 Å². The predicted molar refractivity (Wildman–Crippen MR) is 87.4 cm³/mol. The molecule has 1 aromatic carbocycles. The van der Waals surface area contributed by atoms with Crippen molar-refractivity contribution in [3.8, 4) is 0 Å². The van der Waals surface area contributed by atoms with Crippen molar-refractivity contribution in [2.75, 3.05) is 33.7 Å². The van der Waals surface area contributed by atoms with Gasteiger partial charge in [0.2, 0.25) is 10.0 Å². The summed E-state index contributed by atoms with van der Waals surface area (Å²) < 4.78 is 26.5. The number of sulfonamides is 1. The monoisotopic (exact) mass is 313 g/mol. The van der Waals surface area contributed by atoms with Crippen molar-refractivity contribution >= 4 is 10.0 Å². The van der Waals surface area contributed by atoms with E-state index in [9.17, 15) is 8.42 Å². The Morgan fingerprint density at radius 3 is 2.10 bits per heavy atom. The molecule has 0 aromatic heterocycles. The lowest BCUT2D eigenvalue weighted by Crippen LogP contribution is -2.34. The lowest BCUT2D eigenvalue weighted by atomic mass is 10.1. The third-order valence-corrected chi connectivity index (χ3v) is 5.29. The van der Waals surface area contributed by atoms with Gasteiger partial charge < -0.3 is 10.6 Å². The lowest BCUT2D eigenvalue weighted by molar-refractivity contribution is 0.356. The summed E-state index contributed by atoms with van der Waals surface area (Å²) in [7, 11) is 0.720. The fraction of sp³-hybridized carbons (Fsp3) is 0.600. The van der Waals surface area contributed by atoms with Gasteiger partial charge in [0.25, 0.3) is 0 Å². The molecule has 0 amide bonds. The van der Waals surface area contributed by atoms with E-state index in [1.54, 1.807) is 4.31 Å². The Labute approximate surface area is 128 Å². The molecule has 0 radical (unpaired) electrons. The van der Waals surface area contributed by atoms with Crippen LogP contribution < -0.4 is 5.73 Å². The number of nitrogens with two attached hydrogens (primary N) is 1. The summed E-state index contributed by atoms with van der Waals surface area (Å²) in [4.78, 5) is 2.06. The topological polar surface area (TPSA) is 66.6 Å². The molecule has 0 saturated carbocycles. The third kappa shape index (κ3) is 6.13. The van der Waals surface area contributed by atoms with Gasteiger partial charge in [0, 0.05) is 19.6 Å². The van der Waals surface area contributed by atoms with E-state index >= 15 is 0 Å². The first-order valence-corrected chi connectivity index (χ1v) is 8.90. The van der Waals surface area contributed by atoms with E-state index in [1.807, 2.05) is 45.3 Å². The Balaban J connectivity index is 2.67. The normalized spacial score (nSPS) is 12.3. The van der Waals surface area contributed by atoms with Crippen LogP contribution in [0.3, 0.4) is 0 Å². The highest BCUT2D eigenvalue weighted by atomic mass is 32.2. The number of hydrogen-bond donors (Lipinski definition) is 1. The Hall–Kier alpha value is -0.950. The van der Waals surface area contributed by atoms with Crippen molar-refractivity contribution < 1.29 is 8.42 Å². The maximum absolute atomic E-state index is 12.4. The van der Waals surface area contributed by atoms with Crippen molar-refractivity contribution in [3.63, 3.8) is 0 Å². The molecule has 5 nitrogen and oxygen atoms in total. The van der Waals surface area contributed by atoms with Crippen LogP contribution in [0.2, 0.25) is 0 Å². The van der Waals surface area contributed by atoms with Crippen LogP contribution in [0.25, 0.3) is 0 Å². The molecule has 0 bridgehead atoms. The van der Waals surface area contributed by atoms with Crippen LogP contribution in [-0.2, 0) is 22.3 Å². The SMILES string of the molecule is CCN(CCCN(C)C)S(=O)(=O)Cc1ccc(CN)cc1. The van der Waals surface area contributed by atoms with Gasteiger partial charge >= 0.3 is 0 Å². The van der Waals surface area contributed by atoms with Crippen LogP contribution in [0, 0.1) is 0 Å². The van der Waals surface area contributed by atoms with Crippen LogP contribution in [0.5, 0.6) is 0 Å². The van der Waals surface area contributed by atoms with Gasteiger partial charge in [-0.1, -0.05) is 31.2 Å². The zero-order chi connectivity index (χ0) is 15.9. The van der Waals surface area contributed by atoms with Gasteiger partial charge in [-0.3, -0.25) is 0 Å². The van der Waals surface area contributed by atoms with E-state index in [0.29, 0.717) is 19.6 Å². The van der Waals surface area contributed by atoms with Crippen LogP contribution in [0.15, 0.2) is 24.3 Å². The second kappa shape index (κ2) is 8.48. The molecule has 0 heterocycles. The fourth-order valence-corrected chi connectivity index (χ4v) is 3.73. The first-order valence-electron chi connectivity index (χ1n) is 7.29. The fourth-order valence-electron chi connectivity index (χ4n) is 2.13. The molecule has 0 spiro atoms. The van der Waals surface area contributed by atoms with Gasteiger partial charge in [-0.05, 0) is 38.2 Å². The Bertz CT molecular complexity index is 512. The number of hydrogen-bond acceptors (Lipinski definition) is 4. The lowest BCUT2D eigenvalue weighted by Gasteiger charge is -2.21. The third-order valence-electron chi connectivity index (χ3n) is 3.37. The highest BCUT2D eigenvalue weighted by Crippen LogP contribution is 2.12. The molecule has 120 valence electrons. The van der Waals surface area contributed by atoms with Crippen LogP contribution in [0.1, 0.15) is 24.5 Å². The molecule has 0 aliphatic heterocycles. The summed E-state index contributed by atoms with van der Waals surface area (Å²) in [6, 6.07) is 7.45. The first kappa shape index (κ1) is 18.1. The Morgan fingerprint density at radius 2 is 1.62 bits per heavy atom. The van der Waals surface area contributed by atoms with Crippen LogP contribution in [0.4, 0.5) is 0 Å². The molecule has 0 aliphatic rings.